The molecular weight excluding hydrogens is 563 g/mol. The van der Waals surface area contributed by atoms with Gasteiger partial charge < -0.3 is 18.6 Å². The topological polar surface area (TPSA) is 75.0 Å². The number of benzene rings is 4. The molecule has 0 saturated carbocycles. The van der Waals surface area contributed by atoms with Gasteiger partial charge in [0.25, 0.3) is 0 Å². The molecule has 5 rings (SSSR count). The number of aryl methyl sites for hydroxylation is 2. The van der Waals surface area contributed by atoms with E-state index < -0.39 is 5.97 Å². The van der Waals surface area contributed by atoms with Crippen LogP contribution in [0, 0.1) is 13.8 Å². The number of halogens is 2. The van der Waals surface area contributed by atoms with E-state index in [1.165, 1.54) is 30.5 Å². The maximum absolute atomic E-state index is 12.9. The van der Waals surface area contributed by atoms with Gasteiger partial charge in [-0.05, 0) is 85.1 Å². The number of esters is 1. The first-order valence-corrected chi connectivity index (χ1v) is 13.4. The summed E-state index contributed by atoms with van der Waals surface area (Å²) in [6.07, 6.45) is 4.18. The Balaban J connectivity index is 1.20. The Morgan fingerprint density at radius 1 is 0.854 bits per heavy atom. The fraction of sp³-hybridized carbons (Fsp3) is 0.0909. The van der Waals surface area contributed by atoms with Crippen molar-refractivity contribution >= 4 is 46.2 Å². The molecule has 0 spiro atoms. The predicted octanol–water partition coefficient (Wildman–Crippen LogP) is 8.71. The van der Waals surface area contributed by atoms with Crippen LogP contribution in [-0.4, -0.2) is 5.97 Å². The largest absolute Gasteiger partial charge is 0.489 e. The molecule has 206 valence electrons. The van der Waals surface area contributed by atoms with E-state index in [1.54, 1.807) is 48.5 Å². The molecule has 0 atom stereocenters. The molecule has 0 fully saturated rings. The predicted molar refractivity (Wildman–Crippen MR) is 160 cm³/mol. The minimum absolute atomic E-state index is 0.0688. The molecule has 0 amide bonds. The van der Waals surface area contributed by atoms with E-state index in [1.807, 2.05) is 32.0 Å². The van der Waals surface area contributed by atoms with Crippen LogP contribution >= 0.6 is 23.2 Å². The van der Waals surface area contributed by atoms with E-state index in [0.717, 1.165) is 16.7 Å². The molecule has 0 aliphatic carbocycles. The summed E-state index contributed by atoms with van der Waals surface area (Å²) < 4.78 is 22.6. The Hall–Kier alpha value is -4.52. The van der Waals surface area contributed by atoms with Crippen LogP contribution in [0.4, 0.5) is 0 Å². The molecule has 5 aromatic rings. The number of carbonyl (C=O) groups excluding carboxylic acids is 1. The van der Waals surface area contributed by atoms with Gasteiger partial charge in [0, 0.05) is 27.8 Å². The summed E-state index contributed by atoms with van der Waals surface area (Å²) in [6.45, 7) is 4.13. The monoisotopic (exact) mass is 586 g/mol. The first-order chi connectivity index (χ1) is 19.7. The zero-order valence-corrected chi connectivity index (χ0v) is 23.7. The molecule has 0 bridgehead atoms. The third kappa shape index (κ3) is 6.98. The second kappa shape index (κ2) is 12.3. The lowest BCUT2D eigenvalue weighted by Crippen LogP contribution is -2.06. The van der Waals surface area contributed by atoms with Gasteiger partial charge in [-0.2, -0.15) is 0 Å². The summed E-state index contributed by atoms with van der Waals surface area (Å²) in [4.78, 5) is 25.4. The van der Waals surface area contributed by atoms with Gasteiger partial charge in [-0.25, -0.2) is 4.79 Å². The minimum Gasteiger partial charge on any atom is -0.489 e. The van der Waals surface area contributed by atoms with Gasteiger partial charge in [-0.3, -0.25) is 4.79 Å². The van der Waals surface area contributed by atoms with Gasteiger partial charge in [-0.1, -0.05) is 47.5 Å². The molecule has 0 radical (unpaired) electrons. The number of hydrogen-bond donors (Lipinski definition) is 0. The lowest BCUT2D eigenvalue weighted by atomic mass is 10.1. The zero-order valence-electron chi connectivity index (χ0n) is 22.2. The first-order valence-electron chi connectivity index (χ1n) is 12.6. The summed E-state index contributed by atoms with van der Waals surface area (Å²) in [7, 11) is 0. The normalized spacial score (nSPS) is 11.1. The zero-order chi connectivity index (χ0) is 28.9. The minimum atomic E-state index is -0.588. The average Bonchev–Trinajstić information content (AvgIpc) is 2.93. The SMILES string of the molecule is Cc1cc(C)cc(Oc2coc3cc(OC(=O)C=Cc4ccc(OCc5c(Cl)cccc5Cl)cc4)ccc3c2=O)c1. The Labute approximate surface area is 246 Å². The van der Waals surface area contributed by atoms with E-state index >= 15 is 0 Å². The third-order valence-corrected chi connectivity index (χ3v) is 6.80. The highest BCUT2D eigenvalue weighted by atomic mass is 35.5. The quantitative estimate of drug-likeness (QED) is 0.103. The standard InChI is InChI=1S/C33H24Cl2O6/c1-20-14-21(2)16-25(15-20)40-31-19-39-30-17-24(11-12-26(30)33(31)37)41-32(36)13-8-22-6-9-23(10-7-22)38-18-27-28(34)4-3-5-29(27)35/h3-17,19H,18H2,1-2H3. The smallest absolute Gasteiger partial charge is 0.336 e. The van der Waals surface area contributed by atoms with Crippen molar-refractivity contribution < 1.29 is 23.4 Å². The number of rotatable bonds is 8. The van der Waals surface area contributed by atoms with E-state index in [9.17, 15) is 9.59 Å². The van der Waals surface area contributed by atoms with Crippen molar-refractivity contribution in [3.63, 3.8) is 0 Å². The maximum Gasteiger partial charge on any atom is 0.336 e. The van der Waals surface area contributed by atoms with Gasteiger partial charge >= 0.3 is 5.97 Å². The molecule has 6 nitrogen and oxygen atoms in total. The van der Waals surface area contributed by atoms with E-state index in [4.69, 9.17) is 41.8 Å². The molecule has 0 N–H and O–H groups in total. The summed E-state index contributed by atoms with van der Waals surface area (Å²) in [5.41, 5.74) is 3.46. The highest BCUT2D eigenvalue weighted by molar-refractivity contribution is 6.35. The summed E-state index contributed by atoms with van der Waals surface area (Å²) in [5.74, 6) is 0.895. The van der Waals surface area contributed by atoms with Crippen molar-refractivity contribution in [2.75, 3.05) is 0 Å². The molecule has 8 heteroatoms. The summed E-state index contributed by atoms with van der Waals surface area (Å²) in [6, 6.07) is 22.7. The number of carbonyl (C=O) groups is 1. The molecule has 0 aliphatic heterocycles. The molecule has 41 heavy (non-hydrogen) atoms. The van der Waals surface area contributed by atoms with E-state index in [2.05, 4.69) is 0 Å². The lowest BCUT2D eigenvalue weighted by molar-refractivity contribution is -0.128. The van der Waals surface area contributed by atoms with Crippen molar-refractivity contribution in [1.29, 1.82) is 0 Å². The molecule has 1 aromatic heterocycles. The van der Waals surface area contributed by atoms with Crippen LogP contribution < -0.4 is 19.6 Å². The highest BCUT2D eigenvalue weighted by Crippen LogP contribution is 2.27. The van der Waals surface area contributed by atoms with Gasteiger partial charge in [0.15, 0.2) is 0 Å². The Kier molecular flexibility index (Phi) is 8.43. The molecule has 0 aliphatic rings. The van der Waals surface area contributed by atoms with Gasteiger partial charge in [0.05, 0.1) is 5.39 Å². The van der Waals surface area contributed by atoms with Gasteiger partial charge in [-0.15, -0.1) is 0 Å². The summed E-state index contributed by atoms with van der Waals surface area (Å²) >= 11 is 12.4. The van der Waals surface area contributed by atoms with Crippen LogP contribution in [0.15, 0.2) is 100 Å². The van der Waals surface area contributed by atoms with Crippen molar-refractivity contribution in [1.82, 2.24) is 0 Å². The third-order valence-electron chi connectivity index (χ3n) is 6.09. The van der Waals surface area contributed by atoms with Crippen molar-refractivity contribution in [2.45, 2.75) is 20.5 Å². The van der Waals surface area contributed by atoms with Crippen LogP contribution in [0.1, 0.15) is 22.3 Å². The molecule has 4 aromatic carbocycles. The highest BCUT2D eigenvalue weighted by Gasteiger charge is 2.12. The fourth-order valence-corrected chi connectivity index (χ4v) is 4.67. The van der Waals surface area contributed by atoms with Crippen LogP contribution in [0.2, 0.25) is 10.0 Å². The maximum atomic E-state index is 12.9. The van der Waals surface area contributed by atoms with E-state index in [0.29, 0.717) is 32.5 Å². The van der Waals surface area contributed by atoms with Crippen LogP contribution in [0.25, 0.3) is 17.0 Å². The Bertz CT molecular complexity index is 1780. The van der Waals surface area contributed by atoms with E-state index in [-0.39, 0.29) is 29.1 Å². The van der Waals surface area contributed by atoms with Crippen molar-refractivity contribution in [3.05, 3.63) is 134 Å². The summed E-state index contributed by atoms with van der Waals surface area (Å²) in [5, 5.41) is 1.38. The van der Waals surface area contributed by atoms with Crippen molar-refractivity contribution in [3.8, 4) is 23.0 Å². The lowest BCUT2D eigenvalue weighted by Gasteiger charge is -2.09. The Morgan fingerprint density at radius 3 is 2.24 bits per heavy atom. The number of hydrogen-bond acceptors (Lipinski definition) is 6. The van der Waals surface area contributed by atoms with Crippen LogP contribution in [0.3, 0.4) is 0 Å². The fourth-order valence-electron chi connectivity index (χ4n) is 4.16. The first kappa shape index (κ1) is 28.0. The van der Waals surface area contributed by atoms with Gasteiger partial charge in [0.1, 0.15) is 35.7 Å². The molecule has 0 unspecified atom stereocenters. The second-order valence-electron chi connectivity index (χ2n) is 9.32. The molecule has 1 heterocycles. The van der Waals surface area contributed by atoms with Crippen LogP contribution in [0.5, 0.6) is 23.0 Å². The number of fused-ring (bicyclic) bond motifs is 1. The average molecular weight is 587 g/mol. The molecule has 0 saturated heterocycles. The second-order valence-corrected chi connectivity index (χ2v) is 10.1. The van der Waals surface area contributed by atoms with Crippen LogP contribution in [-0.2, 0) is 11.4 Å². The Morgan fingerprint density at radius 2 is 1.54 bits per heavy atom. The number of ether oxygens (including phenoxy) is 3. The van der Waals surface area contributed by atoms with Crippen molar-refractivity contribution in [2.24, 2.45) is 0 Å². The van der Waals surface area contributed by atoms with Gasteiger partial charge in [0.2, 0.25) is 11.2 Å². The molecular formula is C33H24Cl2O6.